The molecule has 0 aromatic carbocycles. The number of amides is 10. The summed E-state index contributed by atoms with van der Waals surface area (Å²) in [6.45, 7) is 15.8. The summed E-state index contributed by atoms with van der Waals surface area (Å²) in [5.41, 5.74) is 10.9. The minimum absolute atomic E-state index is 0.0798. The van der Waals surface area contributed by atoms with E-state index in [2.05, 4.69) is 47.5 Å². The molecule has 0 aliphatic carbocycles. The quantitative estimate of drug-likeness (QED) is 0.0189. The second-order valence-electron chi connectivity index (χ2n) is 17.4. The van der Waals surface area contributed by atoms with Crippen molar-refractivity contribution in [1.82, 2.24) is 52.3 Å². The highest BCUT2D eigenvalue weighted by Crippen LogP contribution is 2.14. The summed E-state index contributed by atoms with van der Waals surface area (Å²) >= 11 is 0. The first kappa shape index (κ1) is 61.9. The SMILES string of the molecule is CCC[C@H](NC(=O)[C@@H](NC(=O)[C@H](NC(=O)[C@@H](NC(=O)CNC(=O)CN(C)C(C)=O)C(C)C)[C@@H](C)CC)[C@@H](C)O)C(=O)N[C@H](C(=O)N[C@@H](CCCN=C(N)N)C(=O)N(C)CC(=O)NCC)[C@@H](C)CC. The van der Waals surface area contributed by atoms with Crippen molar-refractivity contribution in [2.45, 2.75) is 150 Å². The van der Waals surface area contributed by atoms with Crippen LogP contribution < -0.4 is 54.0 Å². The summed E-state index contributed by atoms with van der Waals surface area (Å²) in [5, 5.41) is 31.5. The molecule has 0 saturated carbocycles. The van der Waals surface area contributed by atoms with Crippen LogP contribution >= 0.6 is 0 Å². The predicted molar refractivity (Wildman–Crippen MR) is 254 cm³/mol. The fourth-order valence-electron chi connectivity index (χ4n) is 6.52. The van der Waals surface area contributed by atoms with E-state index in [0.29, 0.717) is 25.8 Å². The molecule has 388 valence electrons. The van der Waals surface area contributed by atoms with E-state index in [0.717, 1.165) is 4.90 Å². The van der Waals surface area contributed by atoms with Gasteiger partial charge in [-0.2, -0.15) is 0 Å². The van der Waals surface area contributed by atoms with Crippen molar-refractivity contribution < 1.29 is 53.1 Å². The van der Waals surface area contributed by atoms with Gasteiger partial charge in [-0.15, -0.1) is 0 Å². The number of aliphatic imine (C=N–C) groups is 1. The Bertz CT molecular complexity index is 1740. The van der Waals surface area contributed by atoms with Crippen LogP contribution in [0.1, 0.15) is 108 Å². The molecule has 13 N–H and O–H groups in total. The number of nitrogens with zero attached hydrogens (tertiary/aromatic N) is 3. The van der Waals surface area contributed by atoms with Crippen molar-refractivity contribution >= 4 is 65.0 Å². The Balaban J connectivity index is 6.31. The van der Waals surface area contributed by atoms with E-state index in [9.17, 15) is 53.1 Å². The summed E-state index contributed by atoms with van der Waals surface area (Å²) in [5.74, 6) is -8.23. The van der Waals surface area contributed by atoms with E-state index >= 15 is 0 Å². The summed E-state index contributed by atoms with van der Waals surface area (Å²) in [6, 6.07) is -7.64. The van der Waals surface area contributed by atoms with E-state index in [-0.39, 0.29) is 50.8 Å². The van der Waals surface area contributed by atoms with Crippen LogP contribution in [0.25, 0.3) is 0 Å². The van der Waals surface area contributed by atoms with Crippen LogP contribution in [0.3, 0.4) is 0 Å². The molecule has 9 atom stereocenters. The lowest BCUT2D eigenvalue weighted by Crippen LogP contribution is -2.63. The maximum atomic E-state index is 14.0. The van der Waals surface area contributed by atoms with Crippen LogP contribution in [-0.4, -0.2) is 169 Å². The van der Waals surface area contributed by atoms with Crippen molar-refractivity contribution in [2.75, 3.05) is 46.8 Å². The Morgan fingerprint density at radius 3 is 1.53 bits per heavy atom. The molecule has 0 aliphatic rings. The fraction of sp³-hybridized carbons (Fsp3) is 0.750. The van der Waals surface area contributed by atoms with E-state index in [1.165, 1.54) is 32.8 Å². The molecule has 10 amide bonds. The third-order valence-electron chi connectivity index (χ3n) is 11.2. The second kappa shape index (κ2) is 31.8. The highest BCUT2D eigenvalue weighted by molar-refractivity contribution is 5.98. The first-order chi connectivity index (χ1) is 31.8. The monoisotopic (exact) mass is 968 g/mol. The number of nitrogens with one attached hydrogen (secondary N) is 8. The third kappa shape index (κ3) is 22.6. The smallest absolute Gasteiger partial charge is 0.245 e. The molecule has 68 heavy (non-hydrogen) atoms. The summed E-state index contributed by atoms with van der Waals surface area (Å²) < 4.78 is 0. The third-order valence-corrected chi connectivity index (χ3v) is 11.2. The largest absolute Gasteiger partial charge is 0.391 e. The molecule has 24 heteroatoms. The van der Waals surface area contributed by atoms with Crippen LogP contribution in [0.15, 0.2) is 4.99 Å². The van der Waals surface area contributed by atoms with Gasteiger partial charge in [0.15, 0.2) is 5.96 Å². The zero-order chi connectivity index (χ0) is 52.4. The number of rotatable bonds is 31. The normalized spacial score (nSPS) is 14.9. The van der Waals surface area contributed by atoms with Crippen molar-refractivity contribution in [1.29, 1.82) is 0 Å². The van der Waals surface area contributed by atoms with Crippen LogP contribution in [0.2, 0.25) is 0 Å². The number of aliphatic hydroxyl groups is 1. The highest BCUT2D eigenvalue weighted by Gasteiger charge is 2.37. The van der Waals surface area contributed by atoms with Gasteiger partial charge >= 0.3 is 0 Å². The second-order valence-corrected chi connectivity index (χ2v) is 17.4. The van der Waals surface area contributed by atoms with Crippen LogP contribution in [0.4, 0.5) is 0 Å². The standard InChI is InChI=1S/C44H81N13O11/c1-13-18-29(38(63)53-35(25(7)14-2)40(65)51-30(19-17-20-48-44(45)46)43(68)57(12)23-32(61)47-16-4)50-42(67)37(27(9)58)55-41(66)36(26(8)15-3)54-39(64)34(24(5)6)52-31(60)21-49-33(62)22-56(11)28(10)59/h24-27,29-30,34-37,58H,13-23H2,1-12H3,(H,47,61)(H,49,62)(H,50,67)(H,51,65)(H,52,60)(H,53,63)(H,54,64)(H,55,66)(H4,45,46,48)/t25-,26-,27+,29-,30-,34-,35-,36+,37-/m0/s1. The van der Waals surface area contributed by atoms with Crippen molar-refractivity contribution in [3.8, 4) is 0 Å². The van der Waals surface area contributed by atoms with E-state index in [1.807, 2.05) is 0 Å². The van der Waals surface area contributed by atoms with Crippen LogP contribution in [-0.2, 0) is 47.9 Å². The molecule has 0 bridgehead atoms. The van der Waals surface area contributed by atoms with Gasteiger partial charge in [0, 0.05) is 34.1 Å². The summed E-state index contributed by atoms with van der Waals surface area (Å²) in [6.07, 6.45) is 0.122. The van der Waals surface area contributed by atoms with Gasteiger partial charge in [0.1, 0.15) is 36.3 Å². The topological polar surface area (TPSA) is 358 Å². The highest BCUT2D eigenvalue weighted by atomic mass is 16.3. The molecule has 24 nitrogen and oxygen atoms in total. The lowest BCUT2D eigenvalue weighted by atomic mass is 9.95. The van der Waals surface area contributed by atoms with Crippen molar-refractivity contribution in [3.63, 3.8) is 0 Å². The Morgan fingerprint density at radius 1 is 0.574 bits per heavy atom. The molecular formula is C44H81N13O11. The molecular weight excluding hydrogens is 887 g/mol. The lowest BCUT2D eigenvalue weighted by molar-refractivity contribution is -0.139. The van der Waals surface area contributed by atoms with Gasteiger partial charge in [0.05, 0.1) is 25.7 Å². The molecule has 0 fully saturated rings. The Morgan fingerprint density at radius 2 is 1.04 bits per heavy atom. The molecule has 0 aliphatic heterocycles. The number of carbonyl (C=O) groups is 10. The number of hydrogen-bond donors (Lipinski definition) is 11. The average Bonchev–Trinajstić information content (AvgIpc) is 3.26. The zero-order valence-electron chi connectivity index (χ0n) is 42.1. The number of nitrogens with two attached hydrogens (primary N) is 2. The Labute approximate surface area is 400 Å². The fourth-order valence-corrected chi connectivity index (χ4v) is 6.52. The molecule has 0 spiro atoms. The number of guanidine groups is 1. The molecule has 0 rings (SSSR count). The predicted octanol–water partition coefficient (Wildman–Crippen LogP) is -2.93. The maximum Gasteiger partial charge on any atom is 0.245 e. The number of likely N-dealkylation sites (N-methyl/N-ethyl adjacent to an activating group) is 3. The van der Waals surface area contributed by atoms with Gasteiger partial charge in [-0.1, -0.05) is 67.7 Å². The molecule has 0 radical (unpaired) electrons. The van der Waals surface area contributed by atoms with Crippen LogP contribution in [0, 0.1) is 17.8 Å². The minimum atomic E-state index is -1.62. The van der Waals surface area contributed by atoms with E-state index in [4.69, 9.17) is 11.5 Å². The first-order valence-electron chi connectivity index (χ1n) is 23.3. The molecule has 0 unspecified atom stereocenters. The first-order valence-corrected chi connectivity index (χ1v) is 23.3. The zero-order valence-corrected chi connectivity index (χ0v) is 42.1. The molecule has 0 saturated heterocycles. The average molecular weight is 968 g/mol. The van der Waals surface area contributed by atoms with Gasteiger partial charge in [-0.3, -0.25) is 52.9 Å². The number of aliphatic hydroxyl groups excluding tert-OH is 1. The lowest BCUT2D eigenvalue weighted by Gasteiger charge is -2.31. The maximum absolute atomic E-state index is 14.0. The molecule has 0 aromatic heterocycles. The Hall–Kier alpha value is -6.07. The molecule has 0 aromatic rings. The summed E-state index contributed by atoms with van der Waals surface area (Å²) in [7, 11) is 2.84. The summed E-state index contributed by atoms with van der Waals surface area (Å²) in [4.78, 5) is 138. The minimum Gasteiger partial charge on any atom is -0.391 e. The van der Waals surface area contributed by atoms with Crippen LogP contribution in [0.5, 0.6) is 0 Å². The molecule has 0 heterocycles. The van der Waals surface area contributed by atoms with Gasteiger partial charge in [0.25, 0.3) is 0 Å². The van der Waals surface area contributed by atoms with Gasteiger partial charge in [-0.25, -0.2) is 0 Å². The van der Waals surface area contributed by atoms with Gasteiger partial charge in [-0.05, 0) is 50.9 Å². The van der Waals surface area contributed by atoms with Gasteiger partial charge < -0.3 is 68.9 Å². The van der Waals surface area contributed by atoms with E-state index in [1.54, 1.807) is 55.4 Å². The number of hydrogen-bond acceptors (Lipinski definition) is 12. The van der Waals surface area contributed by atoms with Gasteiger partial charge in [0.2, 0.25) is 59.1 Å². The van der Waals surface area contributed by atoms with Crippen molar-refractivity contribution in [3.05, 3.63) is 0 Å². The number of carbonyl (C=O) groups excluding carboxylic acids is 10. The Kier molecular flexibility index (Phi) is 29.0. The van der Waals surface area contributed by atoms with E-state index < -0.39 is 120 Å². The van der Waals surface area contributed by atoms with Crippen molar-refractivity contribution in [2.24, 2.45) is 34.2 Å².